The Kier molecular flexibility index (Phi) is 3.96. The molecule has 2 rings (SSSR count). The number of hydrogen-bond donors (Lipinski definition) is 1. The highest BCUT2D eigenvalue weighted by Crippen LogP contribution is 2.19. The molecule has 1 fully saturated rings. The quantitative estimate of drug-likeness (QED) is 0.841. The van der Waals surface area contributed by atoms with Crippen molar-refractivity contribution >= 4 is 0 Å². The first-order chi connectivity index (χ1) is 7.81. The van der Waals surface area contributed by atoms with E-state index in [2.05, 4.69) is 15.2 Å². The minimum absolute atomic E-state index is 0.648. The van der Waals surface area contributed by atoms with Gasteiger partial charge in [0.05, 0.1) is 5.69 Å². The van der Waals surface area contributed by atoms with Gasteiger partial charge in [-0.1, -0.05) is 6.42 Å². The van der Waals surface area contributed by atoms with Crippen molar-refractivity contribution in [3.05, 3.63) is 17.8 Å². The molecule has 16 heavy (non-hydrogen) atoms. The molecule has 1 N–H and O–H groups in total. The lowest BCUT2D eigenvalue weighted by Crippen LogP contribution is -2.44. The maximum atomic E-state index is 5.25. The Morgan fingerprint density at radius 1 is 1.56 bits per heavy atom. The standard InChI is InChI=1S/C12H21N3O/c1-10-12(14-9-16-10)8-15-6-4-3-5-11(15)7-13-2/h9,11,13H,3-8H2,1-2H3. The van der Waals surface area contributed by atoms with Crippen molar-refractivity contribution in [1.29, 1.82) is 0 Å². The summed E-state index contributed by atoms with van der Waals surface area (Å²) in [5.41, 5.74) is 1.09. The van der Waals surface area contributed by atoms with Crippen molar-refractivity contribution in [3.63, 3.8) is 0 Å². The van der Waals surface area contributed by atoms with Crippen LogP contribution in [0.15, 0.2) is 10.8 Å². The Morgan fingerprint density at radius 3 is 3.12 bits per heavy atom. The summed E-state index contributed by atoms with van der Waals surface area (Å²) >= 11 is 0. The van der Waals surface area contributed by atoms with Gasteiger partial charge in [-0.25, -0.2) is 4.98 Å². The smallest absolute Gasteiger partial charge is 0.181 e. The summed E-state index contributed by atoms with van der Waals surface area (Å²) in [5.74, 6) is 0.953. The summed E-state index contributed by atoms with van der Waals surface area (Å²) in [6.07, 6.45) is 5.48. The third kappa shape index (κ3) is 2.62. The lowest BCUT2D eigenvalue weighted by atomic mass is 10.0. The topological polar surface area (TPSA) is 41.3 Å². The van der Waals surface area contributed by atoms with Gasteiger partial charge in [0.2, 0.25) is 0 Å². The largest absolute Gasteiger partial charge is 0.448 e. The summed E-state index contributed by atoms with van der Waals surface area (Å²) in [6.45, 7) is 5.16. The number of likely N-dealkylation sites (N-methyl/N-ethyl adjacent to an activating group) is 1. The highest BCUT2D eigenvalue weighted by molar-refractivity contribution is 5.05. The molecule has 2 heterocycles. The first-order valence-corrected chi connectivity index (χ1v) is 6.09. The van der Waals surface area contributed by atoms with Gasteiger partial charge in [0.25, 0.3) is 0 Å². The van der Waals surface area contributed by atoms with Crippen LogP contribution in [0.4, 0.5) is 0 Å². The normalized spacial score (nSPS) is 22.5. The van der Waals surface area contributed by atoms with E-state index in [9.17, 15) is 0 Å². The second-order valence-electron chi connectivity index (χ2n) is 4.53. The third-order valence-electron chi connectivity index (χ3n) is 3.39. The Hall–Kier alpha value is -0.870. The zero-order chi connectivity index (χ0) is 11.4. The fourth-order valence-corrected chi connectivity index (χ4v) is 2.41. The molecule has 0 aliphatic carbocycles. The summed E-state index contributed by atoms with van der Waals surface area (Å²) in [7, 11) is 2.02. The number of nitrogens with zero attached hydrogens (tertiary/aromatic N) is 2. The van der Waals surface area contributed by atoms with Gasteiger partial charge in [0, 0.05) is 19.1 Å². The number of nitrogens with one attached hydrogen (secondary N) is 1. The van der Waals surface area contributed by atoms with E-state index >= 15 is 0 Å². The highest BCUT2D eigenvalue weighted by Gasteiger charge is 2.22. The van der Waals surface area contributed by atoms with Crippen LogP contribution in [0.1, 0.15) is 30.7 Å². The molecule has 0 amide bonds. The number of aryl methyl sites for hydroxylation is 1. The van der Waals surface area contributed by atoms with Crippen molar-refractivity contribution < 1.29 is 4.42 Å². The molecule has 90 valence electrons. The van der Waals surface area contributed by atoms with Crippen molar-refractivity contribution in [2.75, 3.05) is 20.1 Å². The third-order valence-corrected chi connectivity index (χ3v) is 3.39. The molecular weight excluding hydrogens is 202 g/mol. The molecule has 1 aliphatic rings. The summed E-state index contributed by atoms with van der Waals surface area (Å²) in [5, 5.41) is 3.28. The molecule has 1 aromatic rings. The lowest BCUT2D eigenvalue weighted by Gasteiger charge is -2.35. The van der Waals surface area contributed by atoms with Crippen LogP contribution in [0.3, 0.4) is 0 Å². The molecule has 1 aromatic heterocycles. The maximum Gasteiger partial charge on any atom is 0.181 e. The Morgan fingerprint density at radius 2 is 2.44 bits per heavy atom. The van der Waals surface area contributed by atoms with Gasteiger partial charge in [-0.05, 0) is 33.4 Å². The van der Waals surface area contributed by atoms with E-state index in [0.29, 0.717) is 6.04 Å². The fraction of sp³-hybridized carbons (Fsp3) is 0.750. The number of piperidine rings is 1. The van der Waals surface area contributed by atoms with Crippen LogP contribution >= 0.6 is 0 Å². The van der Waals surface area contributed by atoms with Gasteiger partial charge < -0.3 is 9.73 Å². The average molecular weight is 223 g/mol. The van der Waals surface area contributed by atoms with Gasteiger partial charge in [0.15, 0.2) is 6.39 Å². The van der Waals surface area contributed by atoms with E-state index < -0.39 is 0 Å². The molecule has 1 atom stereocenters. The predicted octanol–water partition coefficient (Wildman–Crippen LogP) is 1.56. The molecule has 1 unspecified atom stereocenters. The minimum Gasteiger partial charge on any atom is -0.448 e. The highest BCUT2D eigenvalue weighted by atomic mass is 16.3. The monoisotopic (exact) mass is 223 g/mol. The zero-order valence-corrected chi connectivity index (χ0v) is 10.2. The molecule has 4 nitrogen and oxygen atoms in total. The van der Waals surface area contributed by atoms with Crippen LogP contribution in [-0.4, -0.2) is 36.1 Å². The van der Waals surface area contributed by atoms with E-state index in [4.69, 9.17) is 4.42 Å². The van der Waals surface area contributed by atoms with E-state index in [0.717, 1.165) is 24.5 Å². The summed E-state index contributed by atoms with van der Waals surface area (Å²) < 4.78 is 5.25. The SMILES string of the molecule is CNCC1CCCCN1Cc1ncoc1C. The van der Waals surface area contributed by atoms with Crippen LogP contribution in [-0.2, 0) is 6.54 Å². The van der Waals surface area contributed by atoms with Gasteiger partial charge in [0.1, 0.15) is 5.76 Å². The zero-order valence-electron chi connectivity index (χ0n) is 10.2. The fourth-order valence-electron chi connectivity index (χ4n) is 2.41. The number of aromatic nitrogens is 1. The molecule has 0 aromatic carbocycles. The molecule has 4 heteroatoms. The van der Waals surface area contributed by atoms with Crippen LogP contribution < -0.4 is 5.32 Å². The second kappa shape index (κ2) is 5.46. The number of hydrogen-bond acceptors (Lipinski definition) is 4. The van der Waals surface area contributed by atoms with Crippen molar-refractivity contribution in [3.8, 4) is 0 Å². The van der Waals surface area contributed by atoms with Crippen molar-refractivity contribution in [2.24, 2.45) is 0 Å². The molecule has 0 spiro atoms. The van der Waals surface area contributed by atoms with Crippen LogP contribution in [0, 0.1) is 6.92 Å². The van der Waals surface area contributed by atoms with Crippen LogP contribution in [0.25, 0.3) is 0 Å². The van der Waals surface area contributed by atoms with E-state index in [1.165, 1.54) is 25.8 Å². The van der Waals surface area contributed by atoms with E-state index in [1.54, 1.807) is 6.39 Å². The number of likely N-dealkylation sites (tertiary alicyclic amines) is 1. The van der Waals surface area contributed by atoms with Gasteiger partial charge in [-0.2, -0.15) is 0 Å². The lowest BCUT2D eigenvalue weighted by molar-refractivity contribution is 0.137. The first kappa shape index (κ1) is 11.6. The maximum absolute atomic E-state index is 5.25. The second-order valence-corrected chi connectivity index (χ2v) is 4.53. The molecule has 0 bridgehead atoms. The van der Waals surface area contributed by atoms with Crippen LogP contribution in [0.2, 0.25) is 0 Å². The van der Waals surface area contributed by atoms with Gasteiger partial charge >= 0.3 is 0 Å². The average Bonchev–Trinajstić information content (AvgIpc) is 2.68. The minimum atomic E-state index is 0.648. The molecule has 0 radical (unpaired) electrons. The predicted molar refractivity (Wildman–Crippen MR) is 63.2 cm³/mol. The Labute approximate surface area is 97.0 Å². The summed E-state index contributed by atoms with van der Waals surface area (Å²) in [6, 6.07) is 0.648. The van der Waals surface area contributed by atoms with Gasteiger partial charge in [-0.3, -0.25) is 4.90 Å². The number of oxazole rings is 1. The molecular formula is C12H21N3O. The molecule has 1 aliphatic heterocycles. The van der Waals surface area contributed by atoms with E-state index in [1.807, 2.05) is 14.0 Å². The van der Waals surface area contributed by atoms with Crippen LogP contribution in [0.5, 0.6) is 0 Å². The van der Waals surface area contributed by atoms with Crippen molar-refractivity contribution in [1.82, 2.24) is 15.2 Å². The van der Waals surface area contributed by atoms with E-state index in [-0.39, 0.29) is 0 Å². The first-order valence-electron chi connectivity index (χ1n) is 6.09. The Bertz CT molecular complexity index is 322. The summed E-state index contributed by atoms with van der Waals surface area (Å²) in [4.78, 5) is 6.79. The molecule has 1 saturated heterocycles. The van der Waals surface area contributed by atoms with Gasteiger partial charge in [-0.15, -0.1) is 0 Å². The Balaban J connectivity index is 1.98. The van der Waals surface area contributed by atoms with Crippen molar-refractivity contribution in [2.45, 2.75) is 38.8 Å². The number of rotatable bonds is 4. The molecule has 0 saturated carbocycles.